The fraction of sp³-hybridized carbons (Fsp3) is 0.412. The smallest absolute Gasteiger partial charge is 0.188 e. The zero-order chi connectivity index (χ0) is 14.9. The van der Waals surface area contributed by atoms with Gasteiger partial charge in [0.25, 0.3) is 0 Å². The number of methoxy groups -OCH3 is 1. The Hall–Kier alpha value is -0.460. The molecule has 2 aromatic carbocycles. The van der Waals surface area contributed by atoms with Crippen molar-refractivity contribution in [3.8, 4) is 5.75 Å². The highest BCUT2D eigenvalue weighted by Gasteiger charge is 2.12. The lowest BCUT2D eigenvalue weighted by Gasteiger charge is -2.09. The Morgan fingerprint density at radius 3 is 2.57 bits per heavy atom. The number of hydrogen-bond acceptors (Lipinski definition) is 2. The molecule has 0 aliphatic carbocycles. The summed E-state index contributed by atoms with van der Waals surface area (Å²) < 4.78 is 11.9. The minimum atomic E-state index is 0.289. The largest absolute Gasteiger partial charge is 0.467 e. The topological polar surface area (TPSA) is 18.5 Å². The quantitative estimate of drug-likeness (QED) is 0.148. The van der Waals surface area contributed by atoms with E-state index >= 15 is 0 Å². The lowest BCUT2D eigenvalue weighted by atomic mass is 10.1. The van der Waals surface area contributed by atoms with Gasteiger partial charge in [-0.25, -0.2) is 0 Å². The highest BCUT2D eigenvalue weighted by Crippen LogP contribution is 2.29. The summed E-state index contributed by atoms with van der Waals surface area (Å²) >= 11 is 3.86. The number of unbranched alkanes of at least 4 members (excludes halogenated alkanes) is 2. The Bertz CT molecular complexity index is 559. The number of benzene rings is 2. The van der Waals surface area contributed by atoms with Crippen LogP contribution in [0.5, 0.6) is 5.75 Å². The summed E-state index contributed by atoms with van der Waals surface area (Å²) in [5.74, 6) is 2.13. The molecular weight excluding hydrogens is 395 g/mol. The van der Waals surface area contributed by atoms with Gasteiger partial charge in [-0.15, -0.1) is 0 Å². The average Bonchev–Trinajstić information content (AvgIpc) is 2.53. The van der Waals surface area contributed by atoms with Gasteiger partial charge in [-0.05, 0) is 41.9 Å². The van der Waals surface area contributed by atoms with E-state index in [4.69, 9.17) is 9.47 Å². The van der Waals surface area contributed by atoms with Gasteiger partial charge < -0.3 is 9.47 Å². The zero-order valence-corrected chi connectivity index (χ0v) is 15.4. The number of rotatable bonds is 9. The SMILES string of the molecule is COCOc1ccc([SH+]CCCCCI)c2ccccc12. The molecule has 0 spiro atoms. The van der Waals surface area contributed by atoms with E-state index < -0.39 is 0 Å². The highest BCUT2D eigenvalue weighted by atomic mass is 127. The van der Waals surface area contributed by atoms with E-state index in [1.807, 2.05) is 0 Å². The first-order valence-electron chi connectivity index (χ1n) is 7.23. The van der Waals surface area contributed by atoms with Gasteiger partial charge in [0, 0.05) is 29.6 Å². The number of halogens is 1. The van der Waals surface area contributed by atoms with Crippen molar-refractivity contribution in [2.45, 2.75) is 24.2 Å². The van der Waals surface area contributed by atoms with Crippen molar-refractivity contribution in [1.82, 2.24) is 0 Å². The van der Waals surface area contributed by atoms with Crippen molar-refractivity contribution < 1.29 is 9.47 Å². The highest BCUT2D eigenvalue weighted by molar-refractivity contribution is 14.1. The Labute approximate surface area is 144 Å². The molecule has 2 aromatic rings. The molecule has 2 nitrogen and oxygen atoms in total. The van der Waals surface area contributed by atoms with Crippen molar-refractivity contribution in [1.29, 1.82) is 0 Å². The van der Waals surface area contributed by atoms with E-state index in [0.29, 0.717) is 0 Å². The summed E-state index contributed by atoms with van der Waals surface area (Å²) in [6.07, 6.45) is 3.98. The first-order valence-corrected chi connectivity index (χ1v) is 9.84. The molecule has 0 saturated heterocycles. The van der Waals surface area contributed by atoms with E-state index in [-0.39, 0.29) is 6.79 Å². The molecule has 0 fully saturated rings. The van der Waals surface area contributed by atoms with Crippen LogP contribution in [0.2, 0.25) is 0 Å². The molecule has 0 saturated carbocycles. The summed E-state index contributed by atoms with van der Waals surface area (Å²) in [4.78, 5) is 1.39. The second-order valence-corrected chi connectivity index (χ2v) is 7.13. The van der Waals surface area contributed by atoms with Crippen LogP contribution in [-0.2, 0) is 16.5 Å². The van der Waals surface area contributed by atoms with E-state index in [9.17, 15) is 0 Å². The maximum Gasteiger partial charge on any atom is 0.188 e. The molecule has 2 rings (SSSR count). The Morgan fingerprint density at radius 1 is 1.00 bits per heavy atom. The van der Waals surface area contributed by atoms with E-state index in [0.717, 1.165) is 5.75 Å². The van der Waals surface area contributed by atoms with Crippen LogP contribution in [0.4, 0.5) is 0 Å². The summed E-state index contributed by atoms with van der Waals surface area (Å²) in [6.45, 7) is 0.289. The van der Waals surface area contributed by atoms with Crippen LogP contribution in [0, 0.1) is 0 Å². The molecule has 0 heterocycles. The summed E-state index contributed by atoms with van der Waals surface area (Å²) in [6, 6.07) is 12.7. The maximum absolute atomic E-state index is 5.65. The van der Waals surface area contributed by atoms with Crippen LogP contribution in [0.25, 0.3) is 10.8 Å². The van der Waals surface area contributed by atoms with Gasteiger partial charge in [0.2, 0.25) is 0 Å². The maximum atomic E-state index is 5.65. The molecule has 0 bridgehead atoms. The molecule has 0 aliphatic rings. The molecule has 0 atom stereocenters. The first-order chi connectivity index (χ1) is 10.4. The molecule has 0 radical (unpaired) electrons. The second-order valence-electron chi connectivity index (χ2n) is 4.81. The molecule has 0 N–H and O–H groups in total. The monoisotopic (exact) mass is 417 g/mol. The number of hydrogen-bond donors (Lipinski definition) is 0. The molecular formula is C17H22IO2S+. The molecule has 114 valence electrons. The molecule has 4 heteroatoms. The average molecular weight is 417 g/mol. The Morgan fingerprint density at radius 2 is 1.81 bits per heavy atom. The van der Waals surface area contributed by atoms with Crippen molar-refractivity contribution in [3.63, 3.8) is 0 Å². The second kappa shape index (κ2) is 9.54. The van der Waals surface area contributed by atoms with Gasteiger partial charge in [-0.3, -0.25) is 0 Å². The predicted octanol–water partition coefficient (Wildman–Crippen LogP) is 4.60. The van der Waals surface area contributed by atoms with E-state index in [2.05, 4.69) is 59.0 Å². The zero-order valence-electron chi connectivity index (χ0n) is 12.3. The number of thiol groups is 1. The Balaban J connectivity index is 2.10. The number of fused-ring (bicyclic) bond motifs is 1. The summed E-state index contributed by atoms with van der Waals surface area (Å²) in [5, 5.41) is 2.47. The molecule has 21 heavy (non-hydrogen) atoms. The van der Waals surface area contributed by atoms with Gasteiger partial charge in [0.15, 0.2) is 11.7 Å². The van der Waals surface area contributed by atoms with Crippen LogP contribution in [0.1, 0.15) is 19.3 Å². The van der Waals surface area contributed by atoms with Gasteiger partial charge >= 0.3 is 0 Å². The van der Waals surface area contributed by atoms with Crippen LogP contribution in [0.3, 0.4) is 0 Å². The standard InChI is InChI=1S/C17H21IO2S/c1-19-13-20-16-9-10-17(21-12-6-2-5-11-18)15-8-4-3-7-14(15)16/h3-4,7-10H,2,5-6,11-13H2,1H3/p+1. The molecule has 0 amide bonds. The number of alkyl halides is 1. The van der Waals surface area contributed by atoms with Gasteiger partial charge in [-0.1, -0.05) is 40.8 Å². The van der Waals surface area contributed by atoms with Crippen molar-refractivity contribution >= 4 is 45.1 Å². The lowest BCUT2D eigenvalue weighted by molar-refractivity contribution is 0.0522. The third kappa shape index (κ3) is 5.04. The fourth-order valence-electron chi connectivity index (χ4n) is 2.22. The van der Waals surface area contributed by atoms with Crippen LogP contribution in [0.15, 0.2) is 41.3 Å². The summed E-state index contributed by atoms with van der Waals surface area (Å²) in [5.41, 5.74) is 0. The van der Waals surface area contributed by atoms with Crippen molar-refractivity contribution in [2.24, 2.45) is 0 Å². The normalized spacial score (nSPS) is 11.0. The van der Waals surface area contributed by atoms with Crippen LogP contribution < -0.4 is 4.74 Å². The van der Waals surface area contributed by atoms with Crippen molar-refractivity contribution in [2.75, 3.05) is 24.1 Å². The molecule has 0 aliphatic heterocycles. The predicted molar refractivity (Wildman–Crippen MR) is 101 cm³/mol. The minimum Gasteiger partial charge on any atom is -0.467 e. The molecule has 0 unspecified atom stereocenters. The van der Waals surface area contributed by atoms with Crippen molar-refractivity contribution in [3.05, 3.63) is 36.4 Å². The Kier molecular flexibility index (Phi) is 7.68. The minimum absolute atomic E-state index is 0.289. The van der Waals surface area contributed by atoms with E-state index in [1.165, 1.54) is 56.9 Å². The van der Waals surface area contributed by atoms with Crippen LogP contribution >= 0.6 is 22.6 Å². The third-order valence-electron chi connectivity index (χ3n) is 3.27. The summed E-state index contributed by atoms with van der Waals surface area (Å²) in [7, 11) is 1.64. The first kappa shape index (κ1) is 16.9. The van der Waals surface area contributed by atoms with Gasteiger partial charge in [0.05, 0.1) is 0 Å². The molecule has 0 aromatic heterocycles. The third-order valence-corrected chi connectivity index (χ3v) is 5.30. The van der Waals surface area contributed by atoms with E-state index in [1.54, 1.807) is 7.11 Å². The van der Waals surface area contributed by atoms with Gasteiger partial charge in [-0.2, -0.15) is 0 Å². The lowest BCUT2D eigenvalue weighted by Crippen LogP contribution is -2.00. The van der Waals surface area contributed by atoms with Crippen LogP contribution in [-0.4, -0.2) is 24.1 Å². The number of ether oxygens (including phenoxy) is 2. The fourth-order valence-corrected chi connectivity index (χ4v) is 3.93. The van der Waals surface area contributed by atoms with Gasteiger partial charge in [0.1, 0.15) is 11.5 Å².